The van der Waals surface area contributed by atoms with Gasteiger partial charge in [-0.3, -0.25) is 0 Å². The molecule has 0 bridgehead atoms. The third kappa shape index (κ3) is 8.01. The highest BCUT2D eigenvalue weighted by Gasteiger charge is 2.24. The maximum atomic E-state index is 14.1. The van der Waals surface area contributed by atoms with Crippen molar-refractivity contribution in [2.24, 2.45) is 0 Å². The summed E-state index contributed by atoms with van der Waals surface area (Å²) < 4.78 is 24.3. The first-order valence-corrected chi connectivity index (χ1v) is 12.2. The van der Waals surface area contributed by atoms with Gasteiger partial charge in [0.25, 0.3) is 0 Å². The van der Waals surface area contributed by atoms with Gasteiger partial charge in [-0.1, -0.05) is 6.92 Å². The van der Waals surface area contributed by atoms with Gasteiger partial charge in [0.2, 0.25) is 0 Å². The number of pyridine rings is 1. The van der Waals surface area contributed by atoms with Crippen molar-refractivity contribution in [1.82, 2.24) is 15.2 Å². The number of rotatable bonds is 9. The summed E-state index contributed by atoms with van der Waals surface area (Å²) in [7, 11) is 4.30. The number of nitrogens with two attached hydrogens (primary N) is 1. The molecule has 4 N–H and O–H groups in total. The minimum absolute atomic E-state index is 0.0297. The highest BCUT2D eigenvalue weighted by molar-refractivity contribution is 6.25. The number of nitrogen functional groups attached to an aromatic ring is 1. The van der Waals surface area contributed by atoms with Gasteiger partial charge in [0.1, 0.15) is 29.0 Å². The molecule has 1 amide bonds. The minimum Gasteiger partial charge on any atom is -0.465 e. The Morgan fingerprint density at radius 3 is 2.54 bits per heavy atom. The van der Waals surface area contributed by atoms with Crippen LogP contribution < -0.4 is 11.1 Å². The largest absolute Gasteiger partial charge is 0.465 e. The second kappa shape index (κ2) is 12.9. The normalized spacial score (nSPS) is 12.5. The zero-order chi connectivity index (χ0) is 29.5. The Hall–Kier alpha value is -4.46. The van der Waals surface area contributed by atoms with Crippen molar-refractivity contribution >= 4 is 29.2 Å². The number of carbonyl (C=O) groups is 2. The van der Waals surface area contributed by atoms with Gasteiger partial charge in [-0.2, -0.15) is 5.26 Å². The van der Waals surface area contributed by atoms with Crippen LogP contribution in [0, 0.1) is 22.6 Å². The number of halogens is 1. The van der Waals surface area contributed by atoms with Crippen molar-refractivity contribution in [3.8, 4) is 6.07 Å². The van der Waals surface area contributed by atoms with Gasteiger partial charge in [-0.15, -0.1) is 0 Å². The van der Waals surface area contributed by atoms with Crippen LogP contribution in [-0.2, 0) is 15.9 Å². The lowest BCUT2D eigenvalue weighted by Crippen LogP contribution is -2.37. The van der Waals surface area contributed by atoms with Crippen molar-refractivity contribution in [3.05, 3.63) is 64.2 Å². The van der Waals surface area contributed by atoms with E-state index in [4.69, 9.17) is 20.6 Å². The number of nitrogens with zero attached hydrogens (tertiary/aromatic N) is 3. The molecule has 39 heavy (non-hydrogen) atoms. The third-order valence-corrected chi connectivity index (χ3v) is 5.78. The summed E-state index contributed by atoms with van der Waals surface area (Å²) >= 11 is 0. The Kier molecular flexibility index (Phi) is 10.1. The molecule has 0 fully saturated rings. The maximum Gasteiger partial charge on any atom is 0.410 e. The monoisotopic (exact) mass is 538 g/mol. The lowest BCUT2D eigenvalue weighted by Gasteiger charge is -2.25. The van der Waals surface area contributed by atoms with Crippen LogP contribution in [0.1, 0.15) is 60.7 Å². The number of allylic oxidation sites excluding steroid dienone is 1. The summed E-state index contributed by atoms with van der Waals surface area (Å²) in [6.45, 7) is 6.90. The number of anilines is 1. The first-order valence-electron chi connectivity index (χ1n) is 12.2. The maximum absolute atomic E-state index is 14.1. The summed E-state index contributed by atoms with van der Waals surface area (Å²) in [5, 5.41) is 21.3. The molecule has 1 heterocycles. The molecule has 0 saturated heterocycles. The molecule has 0 spiro atoms. The van der Waals surface area contributed by atoms with Gasteiger partial charge in [-0.25, -0.2) is 19.0 Å². The second-order valence-corrected chi connectivity index (χ2v) is 10.0. The van der Waals surface area contributed by atoms with Gasteiger partial charge in [0.05, 0.1) is 24.9 Å². The van der Waals surface area contributed by atoms with Crippen LogP contribution in [-0.4, -0.2) is 61.0 Å². The van der Waals surface area contributed by atoms with Crippen LogP contribution in [0.2, 0.25) is 0 Å². The Morgan fingerprint density at radius 1 is 1.31 bits per heavy atom. The highest BCUT2D eigenvalue weighted by Crippen LogP contribution is 2.29. The molecule has 11 heteroatoms. The van der Waals surface area contributed by atoms with E-state index in [-0.39, 0.29) is 47.2 Å². The molecule has 0 saturated carbocycles. The smallest absolute Gasteiger partial charge is 0.410 e. The van der Waals surface area contributed by atoms with E-state index in [9.17, 15) is 19.2 Å². The molecule has 1 aromatic heterocycles. The first-order chi connectivity index (χ1) is 18.2. The summed E-state index contributed by atoms with van der Waals surface area (Å²) in [6, 6.07) is 7.59. The number of hydrogen-bond donors (Lipinski definition) is 3. The molecular formula is C28H35FN6O4. The van der Waals surface area contributed by atoms with Crippen molar-refractivity contribution in [3.63, 3.8) is 0 Å². The van der Waals surface area contributed by atoms with Crippen molar-refractivity contribution in [2.45, 2.75) is 45.6 Å². The Bertz CT molecular complexity index is 1330. The molecule has 10 nitrogen and oxygen atoms in total. The molecule has 0 aliphatic rings. The Morgan fingerprint density at radius 2 is 1.97 bits per heavy atom. The van der Waals surface area contributed by atoms with Crippen molar-refractivity contribution in [2.75, 3.05) is 33.5 Å². The molecule has 0 aliphatic heterocycles. The van der Waals surface area contributed by atoms with E-state index in [1.807, 2.05) is 13.0 Å². The SMILES string of the molecule is CN/C(C#N)=C(\C(=N)CN(C)C(=O)OC(C)(C)C)c1cnc(N)c(CC(C)c2cc(F)ccc2C(=O)OC)c1. The molecular weight excluding hydrogens is 503 g/mol. The van der Waals surface area contributed by atoms with Gasteiger partial charge in [0.15, 0.2) is 0 Å². The zero-order valence-electron chi connectivity index (χ0n) is 23.3. The molecule has 2 rings (SSSR count). The summed E-state index contributed by atoms with van der Waals surface area (Å²) in [5.41, 5.74) is 7.44. The average Bonchev–Trinajstić information content (AvgIpc) is 2.86. The van der Waals surface area contributed by atoms with E-state index in [0.29, 0.717) is 16.7 Å². The van der Waals surface area contributed by atoms with E-state index in [1.54, 1.807) is 33.9 Å². The van der Waals surface area contributed by atoms with Crippen LogP contribution >= 0.6 is 0 Å². The zero-order valence-corrected chi connectivity index (χ0v) is 23.3. The number of nitriles is 1. The second-order valence-electron chi connectivity index (χ2n) is 10.0. The quantitative estimate of drug-likeness (QED) is 0.243. The predicted molar refractivity (Wildman–Crippen MR) is 147 cm³/mol. The molecule has 1 unspecified atom stereocenters. The number of esters is 1. The van der Waals surface area contributed by atoms with E-state index >= 15 is 0 Å². The van der Waals surface area contributed by atoms with E-state index in [2.05, 4.69) is 10.3 Å². The molecule has 0 radical (unpaired) electrons. The fraction of sp³-hybridized carbons (Fsp3) is 0.393. The van der Waals surface area contributed by atoms with Crippen LogP contribution in [0.4, 0.5) is 15.0 Å². The van der Waals surface area contributed by atoms with E-state index < -0.39 is 23.5 Å². The number of hydrogen-bond acceptors (Lipinski definition) is 9. The lowest BCUT2D eigenvalue weighted by molar-refractivity contribution is 0.0323. The van der Waals surface area contributed by atoms with Crippen LogP contribution in [0.15, 0.2) is 36.2 Å². The van der Waals surface area contributed by atoms with Crippen molar-refractivity contribution in [1.29, 1.82) is 10.7 Å². The van der Waals surface area contributed by atoms with E-state index in [0.717, 1.165) is 0 Å². The number of benzene rings is 1. The molecule has 0 aliphatic carbocycles. The number of nitrogens with one attached hydrogen (secondary N) is 2. The topological polar surface area (TPSA) is 154 Å². The first kappa shape index (κ1) is 30.8. The van der Waals surface area contributed by atoms with Crippen LogP contribution in [0.3, 0.4) is 0 Å². The molecule has 1 atom stereocenters. The fourth-order valence-electron chi connectivity index (χ4n) is 3.92. The highest BCUT2D eigenvalue weighted by atomic mass is 19.1. The van der Waals surface area contributed by atoms with Gasteiger partial charge in [-0.05, 0) is 68.5 Å². The van der Waals surface area contributed by atoms with Gasteiger partial charge >= 0.3 is 12.1 Å². The standard InChI is InChI=1S/C28H35FN6O4/c1-16(21-12-19(29)8-9-20(21)26(36)38-7)10-17-11-18(14-34-25(17)32)24(23(13-30)33-5)22(31)15-35(6)27(37)39-28(2,3)4/h8-9,11-12,14,16,31,33H,10,15H2,1-7H3,(H2,32,34)/b24-23-,31-22?. The predicted octanol–water partition coefficient (Wildman–Crippen LogP) is 4.28. The van der Waals surface area contributed by atoms with Crippen LogP contribution in [0.25, 0.3) is 5.57 Å². The average molecular weight is 539 g/mol. The van der Waals surface area contributed by atoms with E-state index in [1.165, 1.54) is 43.5 Å². The Balaban J connectivity index is 2.47. The lowest BCUT2D eigenvalue weighted by atomic mass is 9.89. The Labute approximate surface area is 228 Å². The number of carbonyl (C=O) groups excluding carboxylic acids is 2. The summed E-state index contributed by atoms with van der Waals surface area (Å²) in [4.78, 5) is 30.2. The summed E-state index contributed by atoms with van der Waals surface area (Å²) in [5.74, 6) is -1.23. The number of methoxy groups -OCH3 is 1. The minimum atomic E-state index is -0.711. The number of amides is 1. The van der Waals surface area contributed by atoms with Gasteiger partial charge in [0, 0.05) is 31.4 Å². The van der Waals surface area contributed by atoms with Gasteiger partial charge < -0.3 is 30.8 Å². The van der Waals surface area contributed by atoms with Crippen molar-refractivity contribution < 1.29 is 23.5 Å². The molecule has 208 valence electrons. The number of aromatic nitrogens is 1. The molecule has 2 aromatic rings. The van der Waals surface area contributed by atoms with Crippen LogP contribution in [0.5, 0.6) is 0 Å². The summed E-state index contributed by atoms with van der Waals surface area (Å²) in [6.07, 6.45) is 1.11. The molecule has 1 aromatic carbocycles. The third-order valence-electron chi connectivity index (χ3n) is 5.78. The fourth-order valence-corrected chi connectivity index (χ4v) is 3.92. The number of ether oxygens (including phenoxy) is 2.